The third kappa shape index (κ3) is 3.76. The molecule has 7 nitrogen and oxygen atoms in total. The molecule has 2 heterocycles. The molecule has 1 N–H and O–H groups in total. The van der Waals surface area contributed by atoms with Crippen molar-refractivity contribution in [2.75, 3.05) is 17.2 Å². The molecule has 1 saturated heterocycles. The van der Waals surface area contributed by atoms with Crippen molar-refractivity contribution in [2.24, 2.45) is 5.92 Å². The van der Waals surface area contributed by atoms with Gasteiger partial charge in [0.15, 0.2) is 5.69 Å². The van der Waals surface area contributed by atoms with E-state index in [-0.39, 0.29) is 24.3 Å². The van der Waals surface area contributed by atoms with E-state index in [1.54, 1.807) is 0 Å². The van der Waals surface area contributed by atoms with Gasteiger partial charge in [0, 0.05) is 29.6 Å². The second-order valence-corrected chi connectivity index (χ2v) is 6.93. The van der Waals surface area contributed by atoms with Crippen LogP contribution < -0.4 is 4.90 Å². The average Bonchev–Trinajstić information content (AvgIpc) is 2.66. The summed E-state index contributed by atoms with van der Waals surface area (Å²) in [5, 5.41) is 9.08. The molecule has 114 valence electrons. The van der Waals surface area contributed by atoms with Crippen LogP contribution in [0.15, 0.2) is 16.7 Å². The number of halogens is 2. The Bertz CT molecular complexity index is 709. The lowest BCUT2D eigenvalue weighted by atomic mass is 10.1. The van der Waals surface area contributed by atoms with Crippen molar-refractivity contribution in [1.82, 2.24) is 4.98 Å². The maximum atomic E-state index is 12.7. The molecule has 1 aliphatic heterocycles. The maximum absolute atomic E-state index is 12.7. The Morgan fingerprint density at radius 1 is 1.57 bits per heavy atom. The van der Waals surface area contributed by atoms with Gasteiger partial charge in [0.25, 0.3) is 0 Å². The van der Waals surface area contributed by atoms with Gasteiger partial charge in [-0.15, -0.1) is 3.89 Å². The minimum atomic E-state index is -4.69. The van der Waals surface area contributed by atoms with Gasteiger partial charge in [0.05, 0.1) is 11.4 Å². The second kappa shape index (κ2) is 5.68. The van der Waals surface area contributed by atoms with Gasteiger partial charge < -0.3 is 10.0 Å². The van der Waals surface area contributed by atoms with Crippen LogP contribution in [0, 0.1) is 5.92 Å². The zero-order chi connectivity index (χ0) is 15.8. The van der Waals surface area contributed by atoms with E-state index in [1.165, 1.54) is 12.3 Å². The van der Waals surface area contributed by atoms with E-state index in [1.807, 2.05) is 0 Å². The van der Waals surface area contributed by atoms with Gasteiger partial charge >= 0.3 is 16.2 Å². The largest absolute Gasteiger partial charge is 0.476 e. The van der Waals surface area contributed by atoms with Crippen molar-refractivity contribution in [3.8, 4) is 0 Å². The zero-order valence-corrected chi connectivity index (χ0v) is 12.9. The molecule has 1 atom stereocenters. The third-order valence-electron chi connectivity index (χ3n) is 2.97. The molecule has 0 bridgehead atoms. The van der Waals surface area contributed by atoms with Crippen LogP contribution in [0.1, 0.15) is 16.9 Å². The number of rotatable bonds is 4. The highest BCUT2D eigenvalue weighted by Crippen LogP contribution is 2.30. The fraction of sp³-hybridized carbons (Fsp3) is 0.364. The summed E-state index contributed by atoms with van der Waals surface area (Å²) in [6, 6.07) is 1.40. The van der Waals surface area contributed by atoms with Crippen molar-refractivity contribution in [2.45, 2.75) is 6.42 Å². The lowest BCUT2D eigenvalue weighted by molar-refractivity contribution is -0.117. The highest BCUT2D eigenvalue weighted by molar-refractivity contribution is 9.10. The SMILES string of the molecule is O=C(O)c1ncc(Br)cc1N1CC(CS(=O)(=O)F)CC1=O. The summed E-state index contributed by atoms with van der Waals surface area (Å²) in [6.07, 6.45) is 1.12. The molecule has 0 saturated carbocycles. The predicted octanol–water partition coefficient (Wildman–Crippen LogP) is 1.19. The van der Waals surface area contributed by atoms with Crippen LogP contribution in [0.25, 0.3) is 0 Å². The van der Waals surface area contributed by atoms with Gasteiger partial charge in [-0.2, -0.15) is 8.42 Å². The molecular weight excluding hydrogens is 371 g/mol. The molecule has 1 fully saturated rings. The van der Waals surface area contributed by atoms with E-state index in [4.69, 9.17) is 5.11 Å². The summed E-state index contributed by atoms with van der Waals surface area (Å²) in [5.41, 5.74) is -0.268. The molecule has 1 aromatic rings. The molecule has 1 aromatic heterocycles. The van der Waals surface area contributed by atoms with Crippen molar-refractivity contribution in [3.05, 3.63) is 22.4 Å². The smallest absolute Gasteiger partial charge is 0.356 e. The first kappa shape index (κ1) is 15.8. The summed E-state index contributed by atoms with van der Waals surface area (Å²) >= 11 is 3.13. The van der Waals surface area contributed by atoms with Crippen molar-refractivity contribution < 1.29 is 27.0 Å². The van der Waals surface area contributed by atoms with E-state index >= 15 is 0 Å². The Kier molecular flexibility index (Phi) is 4.28. The van der Waals surface area contributed by atoms with E-state index in [2.05, 4.69) is 20.9 Å². The topological polar surface area (TPSA) is 105 Å². The lowest BCUT2D eigenvalue weighted by Crippen LogP contribution is -2.27. The molecule has 10 heteroatoms. The van der Waals surface area contributed by atoms with Crippen LogP contribution in [-0.2, 0) is 15.0 Å². The molecule has 21 heavy (non-hydrogen) atoms. The number of aromatic carboxylic acids is 1. The predicted molar refractivity (Wildman–Crippen MR) is 74.3 cm³/mol. The van der Waals surface area contributed by atoms with E-state index in [0.29, 0.717) is 4.47 Å². The lowest BCUT2D eigenvalue weighted by Gasteiger charge is -2.18. The first-order valence-corrected chi connectivity index (χ1v) is 8.13. The van der Waals surface area contributed by atoms with Crippen LogP contribution in [0.4, 0.5) is 9.57 Å². The molecule has 1 amide bonds. The zero-order valence-electron chi connectivity index (χ0n) is 10.5. The van der Waals surface area contributed by atoms with Crippen molar-refractivity contribution in [1.29, 1.82) is 0 Å². The minimum absolute atomic E-state index is 0.0561. The molecule has 1 aliphatic rings. The Balaban J connectivity index is 2.33. The molecule has 0 radical (unpaired) electrons. The van der Waals surface area contributed by atoms with E-state index < -0.39 is 33.8 Å². The first-order chi connectivity index (χ1) is 9.67. The number of hydrogen-bond acceptors (Lipinski definition) is 5. The van der Waals surface area contributed by atoms with Gasteiger partial charge in [-0.05, 0) is 22.0 Å². The van der Waals surface area contributed by atoms with Gasteiger partial charge in [-0.3, -0.25) is 4.79 Å². The molecule has 1 unspecified atom stereocenters. The Hall–Kier alpha value is -1.55. The third-order valence-corrected chi connectivity index (χ3v) is 4.27. The Morgan fingerprint density at radius 2 is 2.24 bits per heavy atom. The summed E-state index contributed by atoms with van der Waals surface area (Å²) in [5.74, 6) is -3.26. The number of amides is 1. The van der Waals surface area contributed by atoms with Gasteiger partial charge in [0.1, 0.15) is 0 Å². The number of carboxylic acid groups (broad SMARTS) is 1. The van der Waals surface area contributed by atoms with Crippen LogP contribution in [0.3, 0.4) is 0 Å². The van der Waals surface area contributed by atoms with Gasteiger partial charge in [-0.1, -0.05) is 0 Å². The summed E-state index contributed by atoms with van der Waals surface area (Å²) in [4.78, 5) is 27.9. The molecular formula is C11H10BrFN2O5S. The Morgan fingerprint density at radius 3 is 2.81 bits per heavy atom. The highest BCUT2D eigenvalue weighted by Gasteiger charge is 2.35. The quantitative estimate of drug-likeness (QED) is 0.786. The number of anilines is 1. The monoisotopic (exact) mass is 380 g/mol. The molecule has 2 rings (SSSR count). The number of hydrogen-bond donors (Lipinski definition) is 1. The first-order valence-electron chi connectivity index (χ1n) is 5.79. The van der Waals surface area contributed by atoms with E-state index in [0.717, 1.165) is 4.90 Å². The number of carboxylic acids is 1. The fourth-order valence-corrected chi connectivity index (χ4v) is 3.31. The number of pyridine rings is 1. The summed E-state index contributed by atoms with van der Waals surface area (Å²) in [6.45, 7) is -0.0691. The van der Waals surface area contributed by atoms with Crippen molar-refractivity contribution >= 4 is 43.7 Å². The standard InChI is InChI=1S/C11H10BrFN2O5S/c12-7-2-8(10(11(17)18)14-3-7)15-4-6(1-9(15)16)5-21(13,19)20/h2-3,6H,1,4-5H2,(H,17,18). The van der Waals surface area contributed by atoms with Crippen LogP contribution in [0.2, 0.25) is 0 Å². The summed E-state index contributed by atoms with van der Waals surface area (Å²) < 4.78 is 34.5. The van der Waals surface area contributed by atoms with Crippen LogP contribution in [0.5, 0.6) is 0 Å². The average molecular weight is 381 g/mol. The number of nitrogens with zero attached hydrogens (tertiary/aromatic N) is 2. The fourth-order valence-electron chi connectivity index (χ4n) is 2.21. The summed E-state index contributed by atoms with van der Waals surface area (Å²) in [7, 11) is -4.69. The number of carbonyl (C=O) groups excluding carboxylic acids is 1. The molecule has 0 aliphatic carbocycles. The van der Waals surface area contributed by atoms with Gasteiger partial charge in [-0.25, -0.2) is 9.78 Å². The highest BCUT2D eigenvalue weighted by atomic mass is 79.9. The van der Waals surface area contributed by atoms with Crippen molar-refractivity contribution in [3.63, 3.8) is 0 Å². The maximum Gasteiger partial charge on any atom is 0.356 e. The normalized spacial score (nSPS) is 19.0. The van der Waals surface area contributed by atoms with E-state index in [9.17, 15) is 21.9 Å². The number of carbonyl (C=O) groups is 2. The van der Waals surface area contributed by atoms with Crippen LogP contribution >= 0.6 is 15.9 Å². The minimum Gasteiger partial charge on any atom is -0.476 e. The molecule has 0 spiro atoms. The van der Waals surface area contributed by atoms with Gasteiger partial charge in [0.2, 0.25) is 5.91 Å². The number of aromatic nitrogens is 1. The Labute approximate surface area is 128 Å². The molecule has 0 aromatic carbocycles. The second-order valence-electron chi connectivity index (χ2n) is 4.61. The van der Waals surface area contributed by atoms with Crippen LogP contribution in [-0.4, -0.2) is 42.7 Å².